The molecular weight excluding hydrogens is 424 g/mol. The maximum atomic E-state index is 12.0. The van der Waals surface area contributed by atoms with Gasteiger partial charge in [-0.25, -0.2) is 0 Å². The molecule has 5 nitrogen and oxygen atoms in total. The molecule has 2 unspecified atom stereocenters. The number of aliphatic hydroxyl groups is 1. The molecule has 0 spiro atoms. The van der Waals surface area contributed by atoms with Crippen LogP contribution in [0.5, 0.6) is 0 Å². The van der Waals surface area contributed by atoms with E-state index in [1.54, 1.807) is 0 Å². The predicted molar refractivity (Wildman–Crippen MR) is 136 cm³/mol. The summed E-state index contributed by atoms with van der Waals surface area (Å²) in [7, 11) is 0. The minimum Gasteiger partial charge on any atom is -0.480 e. The van der Waals surface area contributed by atoms with Crippen LogP contribution in [0.25, 0.3) is 0 Å². The first-order chi connectivity index (χ1) is 16.5. The quantitative estimate of drug-likeness (QED) is 0.521. The number of aryl methyl sites for hydroxylation is 2. The van der Waals surface area contributed by atoms with Gasteiger partial charge in [-0.1, -0.05) is 60.7 Å². The molecule has 2 N–H and O–H groups in total. The molecule has 184 valence electrons. The van der Waals surface area contributed by atoms with E-state index in [1.807, 2.05) is 24.3 Å². The van der Waals surface area contributed by atoms with Gasteiger partial charge in [0, 0.05) is 26.2 Å². The second kappa shape index (κ2) is 12.0. The van der Waals surface area contributed by atoms with E-state index in [0.717, 1.165) is 77.7 Å². The van der Waals surface area contributed by atoms with Crippen molar-refractivity contribution >= 4 is 5.97 Å². The highest BCUT2D eigenvalue weighted by molar-refractivity contribution is 5.73. The van der Waals surface area contributed by atoms with E-state index >= 15 is 0 Å². The number of carboxylic acid groups (broad SMARTS) is 1. The highest BCUT2D eigenvalue weighted by Crippen LogP contribution is 2.29. The fraction of sp³-hybridized carbons (Fsp3) is 0.552. The third-order valence-corrected chi connectivity index (χ3v) is 7.85. The summed E-state index contributed by atoms with van der Waals surface area (Å²) in [5.41, 5.74) is 2.02. The summed E-state index contributed by atoms with van der Waals surface area (Å²) in [6.45, 7) is 4.63. The first-order valence-electron chi connectivity index (χ1n) is 13.0. The Balaban J connectivity index is 1.18. The molecule has 2 heterocycles. The van der Waals surface area contributed by atoms with Crippen molar-refractivity contribution in [3.8, 4) is 0 Å². The molecule has 0 aliphatic carbocycles. The van der Waals surface area contributed by atoms with Crippen LogP contribution in [0.4, 0.5) is 0 Å². The van der Waals surface area contributed by atoms with Gasteiger partial charge in [0.1, 0.15) is 6.04 Å². The number of benzene rings is 2. The van der Waals surface area contributed by atoms with E-state index in [1.165, 1.54) is 11.1 Å². The van der Waals surface area contributed by atoms with Crippen LogP contribution >= 0.6 is 0 Å². The number of rotatable bonds is 11. The van der Waals surface area contributed by atoms with Gasteiger partial charge in [0.25, 0.3) is 0 Å². The second-order valence-electron chi connectivity index (χ2n) is 10.4. The van der Waals surface area contributed by atoms with Crippen LogP contribution < -0.4 is 0 Å². The van der Waals surface area contributed by atoms with E-state index in [4.69, 9.17) is 0 Å². The lowest BCUT2D eigenvalue weighted by molar-refractivity contribution is -0.143. The number of carboxylic acids is 1. The van der Waals surface area contributed by atoms with Crippen molar-refractivity contribution in [2.75, 3.05) is 32.7 Å². The molecule has 2 aliphatic rings. The van der Waals surface area contributed by atoms with Crippen LogP contribution in [0, 0.1) is 5.92 Å². The average Bonchev–Trinajstić information content (AvgIpc) is 3.30. The SMILES string of the molecule is O=C(O)C(CCc1ccccc1)N1CCC(CN2CCC(O)(CCCc3ccccc3)CC2)C1. The third kappa shape index (κ3) is 7.14. The van der Waals surface area contributed by atoms with Gasteiger partial charge in [0.2, 0.25) is 0 Å². The van der Waals surface area contributed by atoms with Crippen molar-refractivity contribution in [1.29, 1.82) is 0 Å². The molecule has 5 heteroatoms. The predicted octanol–water partition coefficient (Wildman–Crippen LogP) is 4.24. The molecule has 34 heavy (non-hydrogen) atoms. The van der Waals surface area contributed by atoms with E-state index in [2.05, 4.69) is 46.2 Å². The van der Waals surface area contributed by atoms with Crippen LogP contribution in [0.1, 0.15) is 49.7 Å². The summed E-state index contributed by atoms with van der Waals surface area (Å²) >= 11 is 0. The molecule has 0 radical (unpaired) electrons. The largest absolute Gasteiger partial charge is 0.480 e. The molecule has 2 fully saturated rings. The van der Waals surface area contributed by atoms with Crippen LogP contribution in [0.2, 0.25) is 0 Å². The standard InChI is InChI=1S/C29H40N2O3/c32-28(33)27(14-13-25-10-5-2-6-11-25)31-19-15-26(23-31)22-30-20-17-29(34,18-21-30)16-7-12-24-8-3-1-4-9-24/h1-6,8-11,26-27,34H,7,12-23H2,(H,32,33). The molecule has 0 amide bonds. The van der Waals surface area contributed by atoms with E-state index in [0.29, 0.717) is 12.3 Å². The molecule has 2 aromatic carbocycles. The molecule has 2 atom stereocenters. The highest BCUT2D eigenvalue weighted by atomic mass is 16.4. The van der Waals surface area contributed by atoms with Gasteiger partial charge in [-0.2, -0.15) is 0 Å². The average molecular weight is 465 g/mol. The lowest BCUT2D eigenvalue weighted by Crippen LogP contribution is -2.46. The van der Waals surface area contributed by atoms with Crippen LogP contribution in [0.3, 0.4) is 0 Å². The van der Waals surface area contributed by atoms with Gasteiger partial charge < -0.3 is 15.1 Å². The molecule has 2 aliphatic heterocycles. The number of piperidine rings is 1. The molecular formula is C29H40N2O3. The van der Waals surface area contributed by atoms with Crippen molar-refractivity contribution < 1.29 is 15.0 Å². The van der Waals surface area contributed by atoms with Crippen molar-refractivity contribution in [2.24, 2.45) is 5.92 Å². The molecule has 0 bridgehead atoms. The van der Waals surface area contributed by atoms with E-state index < -0.39 is 17.6 Å². The molecule has 2 saturated heterocycles. The zero-order chi connectivity index (χ0) is 23.8. The summed E-state index contributed by atoms with van der Waals surface area (Å²) in [5, 5.41) is 20.9. The maximum Gasteiger partial charge on any atom is 0.320 e. The van der Waals surface area contributed by atoms with Gasteiger partial charge in [-0.15, -0.1) is 0 Å². The summed E-state index contributed by atoms with van der Waals surface area (Å²) in [5.74, 6) is -0.182. The number of likely N-dealkylation sites (tertiary alicyclic amines) is 2. The Morgan fingerprint density at radius 3 is 2.18 bits per heavy atom. The first kappa shape index (κ1) is 24.9. The minimum absolute atomic E-state index is 0.402. The van der Waals surface area contributed by atoms with Gasteiger partial charge in [0.15, 0.2) is 0 Å². The zero-order valence-electron chi connectivity index (χ0n) is 20.3. The molecule has 0 aromatic heterocycles. The number of hydrogen-bond donors (Lipinski definition) is 2. The highest BCUT2D eigenvalue weighted by Gasteiger charge is 2.35. The Hall–Kier alpha value is -2.21. The Morgan fingerprint density at radius 1 is 0.941 bits per heavy atom. The summed E-state index contributed by atoms with van der Waals surface area (Å²) in [6.07, 6.45) is 7.12. The van der Waals surface area contributed by atoms with Gasteiger partial charge in [0.05, 0.1) is 5.60 Å². The van der Waals surface area contributed by atoms with Crippen LogP contribution in [-0.4, -0.2) is 70.3 Å². The molecule has 2 aromatic rings. The topological polar surface area (TPSA) is 64.0 Å². The first-order valence-corrected chi connectivity index (χ1v) is 13.0. The maximum absolute atomic E-state index is 12.0. The fourth-order valence-electron chi connectivity index (χ4n) is 5.74. The van der Waals surface area contributed by atoms with Crippen LogP contribution in [-0.2, 0) is 17.6 Å². The summed E-state index contributed by atoms with van der Waals surface area (Å²) < 4.78 is 0. The Bertz CT molecular complexity index is 881. The normalized spacial score (nSPS) is 22.0. The number of carbonyl (C=O) groups is 1. The summed E-state index contributed by atoms with van der Waals surface area (Å²) in [6, 6.07) is 20.3. The van der Waals surface area contributed by atoms with Crippen molar-refractivity contribution in [3.63, 3.8) is 0 Å². The van der Waals surface area contributed by atoms with Crippen molar-refractivity contribution in [2.45, 2.75) is 63.0 Å². The smallest absolute Gasteiger partial charge is 0.320 e. The monoisotopic (exact) mass is 464 g/mol. The Kier molecular flexibility index (Phi) is 8.76. The van der Waals surface area contributed by atoms with E-state index in [-0.39, 0.29) is 0 Å². The Morgan fingerprint density at radius 2 is 1.56 bits per heavy atom. The van der Waals surface area contributed by atoms with Gasteiger partial charge in [-0.3, -0.25) is 9.69 Å². The number of aliphatic carboxylic acids is 1. The third-order valence-electron chi connectivity index (χ3n) is 7.85. The van der Waals surface area contributed by atoms with Crippen molar-refractivity contribution in [3.05, 3.63) is 71.8 Å². The minimum atomic E-state index is -0.699. The number of nitrogens with zero attached hydrogens (tertiary/aromatic N) is 2. The lowest BCUT2D eigenvalue weighted by Gasteiger charge is -2.39. The van der Waals surface area contributed by atoms with Crippen LogP contribution in [0.15, 0.2) is 60.7 Å². The molecule has 4 rings (SSSR count). The van der Waals surface area contributed by atoms with E-state index in [9.17, 15) is 15.0 Å². The fourth-order valence-corrected chi connectivity index (χ4v) is 5.74. The summed E-state index contributed by atoms with van der Waals surface area (Å²) in [4.78, 5) is 16.6. The number of hydrogen-bond acceptors (Lipinski definition) is 4. The second-order valence-corrected chi connectivity index (χ2v) is 10.4. The Labute approximate surface area is 204 Å². The lowest BCUT2D eigenvalue weighted by atomic mass is 9.85. The van der Waals surface area contributed by atoms with Crippen molar-refractivity contribution in [1.82, 2.24) is 9.80 Å². The zero-order valence-corrected chi connectivity index (χ0v) is 20.3. The van der Waals surface area contributed by atoms with Gasteiger partial charge >= 0.3 is 5.97 Å². The van der Waals surface area contributed by atoms with Gasteiger partial charge in [-0.05, 0) is 75.0 Å². The molecule has 0 saturated carbocycles.